The third-order valence-corrected chi connectivity index (χ3v) is 4.88. The minimum absolute atomic E-state index is 0.0431. The quantitative estimate of drug-likeness (QED) is 0.719. The van der Waals surface area contributed by atoms with Gasteiger partial charge in [-0.3, -0.25) is 4.72 Å². The molecule has 19 heavy (non-hydrogen) atoms. The first kappa shape index (κ1) is 15.9. The monoisotopic (exact) mass is 307 g/mol. The maximum atomic E-state index is 11.6. The Morgan fingerprint density at radius 1 is 1.05 bits per heavy atom. The minimum atomic E-state index is -3.47. The van der Waals surface area contributed by atoms with E-state index < -0.39 is 19.9 Å². The van der Waals surface area contributed by atoms with E-state index in [-0.39, 0.29) is 17.3 Å². The lowest BCUT2D eigenvalue weighted by Crippen LogP contribution is -2.17. The van der Waals surface area contributed by atoms with Crippen LogP contribution in [-0.4, -0.2) is 40.6 Å². The highest BCUT2D eigenvalue weighted by atomic mass is 32.2. The van der Waals surface area contributed by atoms with Gasteiger partial charge in [0.05, 0.1) is 10.6 Å². The van der Waals surface area contributed by atoms with Gasteiger partial charge in [0.15, 0.2) is 9.84 Å². The lowest BCUT2D eigenvalue weighted by Gasteiger charge is -2.08. The fourth-order valence-corrected chi connectivity index (χ4v) is 3.22. The second-order valence-corrected chi connectivity index (χ2v) is 8.01. The normalized spacial score (nSPS) is 12.3. The number of benzene rings is 1. The lowest BCUT2D eigenvalue weighted by atomic mass is 10.3. The molecule has 0 radical (unpaired) electrons. The Hall–Kier alpha value is -1.12. The molecule has 8 heteroatoms. The molecule has 108 valence electrons. The largest absolute Gasteiger partial charge is 0.396 e. The Bertz CT molecular complexity index is 605. The zero-order chi connectivity index (χ0) is 14.5. The van der Waals surface area contributed by atoms with Crippen LogP contribution in [0.1, 0.15) is 12.8 Å². The van der Waals surface area contributed by atoms with E-state index in [0.29, 0.717) is 18.5 Å². The smallest absolute Gasteiger partial charge is 0.232 e. The Morgan fingerprint density at radius 3 is 2.11 bits per heavy atom. The fraction of sp³-hybridized carbons (Fsp3) is 0.455. The van der Waals surface area contributed by atoms with Gasteiger partial charge in [-0.25, -0.2) is 16.8 Å². The molecule has 0 saturated carbocycles. The van der Waals surface area contributed by atoms with E-state index in [4.69, 9.17) is 5.11 Å². The number of sulfonamides is 1. The average molecular weight is 307 g/mol. The maximum Gasteiger partial charge on any atom is 0.232 e. The first-order valence-corrected chi connectivity index (χ1v) is 9.20. The maximum absolute atomic E-state index is 11.6. The summed E-state index contributed by atoms with van der Waals surface area (Å²) in [6.45, 7) is -0.0431. The standard InChI is InChI=1S/C11H17NO5S2/c1-18(14,15)11-6-4-10(5-7-11)12-19(16,17)9-3-2-8-13/h4-7,12-13H,2-3,8-9H2,1H3. The van der Waals surface area contributed by atoms with Crippen molar-refractivity contribution >= 4 is 25.5 Å². The summed E-state index contributed by atoms with van der Waals surface area (Å²) in [6.07, 6.45) is 1.88. The SMILES string of the molecule is CS(=O)(=O)c1ccc(NS(=O)(=O)CCCCO)cc1. The molecule has 0 amide bonds. The van der Waals surface area contributed by atoms with Crippen molar-refractivity contribution in [1.82, 2.24) is 0 Å². The van der Waals surface area contributed by atoms with Gasteiger partial charge in [0.25, 0.3) is 0 Å². The average Bonchev–Trinajstić information content (AvgIpc) is 2.28. The van der Waals surface area contributed by atoms with Crippen LogP contribution in [0, 0.1) is 0 Å². The predicted molar refractivity (Wildman–Crippen MR) is 73.3 cm³/mol. The molecule has 1 aromatic rings. The molecule has 0 aliphatic carbocycles. The second-order valence-electron chi connectivity index (χ2n) is 4.15. The van der Waals surface area contributed by atoms with Crippen molar-refractivity contribution in [3.05, 3.63) is 24.3 Å². The predicted octanol–water partition coefficient (Wildman–Crippen LogP) is 0.604. The molecule has 0 spiro atoms. The van der Waals surface area contributed by atoms with Crippen molar-refractivity contribution in [2.45, 2.75) is 17.7 Å². The van der Waals surface area contributed by atoms with Gasteiger partial charge in [-0.1, -0.05) is 0 Å². The van der Waals surface area contributed by atoms with E-state index in [1.807, 2.05) is 0 Å². The van der Waals surface area contributed by atoms with Crippen LogP contribution in [0.3, 0.4) is 0 Å². The number of anilines is 1. The molecular weight excluding hydrogens is 290 g/mol. The molecule has 0 atom stereocenters. The molecular formula is C11H17NO5S2. The summed E-state index contributed by atoms with van der Waals surface area (Å²) in [7, 11) is -6.75. The highest BCUT2D eigenvalue weighted by Gasteiger charge is 2.11. The minimum Gasteiger partial charge on any atom is -0.396 e. The summed E-state index contributed by atoms with van der Waals surface area (Å²) in [4.78, 5) is 0.135. The number of rotatable bonds is 7. The van der Waals surface area contributed by atoms with Crippen LogP contribution in [0.25, 0.3) is 0 Å². The van der Waals surface area contributed by atoms with Crippen molar-refractivity contribution in [3.8, 4) is 0 Å². The zero-order valence-electron chi connectivity index (χ0n) is 10.5. The number of nitrogens with one attached hydrogen (secondary N) is 1. The number of aliphatic hydroxyl groups is 1. The van der Waals surface area contributed by atoms with Crippen LogP contribution < -0.4 is 4.72 Å². The van der Waals surface area contributed by atoms with Crippen LogP contribution in [-0.2, 0) is 19.9 Å². The van der Waals surface area contributed by atoms with E-state index >= 15 is 0 Å². The van der Waals surface area contributed by atoms with E-state index in [2.05, 4.69) is 4.72 Å². The lowest BCUT2D eigenvalue weighted by molar-refractivity contribution is 0.287. The molecule has 6 nitrogen and oxygen atoms in total. The van der Waals surface area contributed by atoms with Gasteiger partial charge in [0.2, 0.25) is 10.0 Å². The molecule has 0 fully saturated rings. The van der Waals surface area contributed by atoms with Gasteiger partial charge >= 0.3 is 0 Å². The van der Waals surface area contributed by atoms with E-state index in [1.165, 1.54) is 24.3 Å². The number of sulfone groups is 1. The van der Waals surface area contributed by atoms with Crippen LogP contribution in [0.15, 0.2) is 29.2 Å². The third kappa shape index (κ3) is 5.58. The topological polar surface area (TPSA) is 101 Å². The first-order chi connectivity index (χ1) is 8.74. The highest BCUT2D eigenvalue weighted by molar-refractivity contribution is 7.92. The van der Waals surface area contributed by atoms with Crippen molar-refractivity contribution in [3.63, 3.8) is 0 Å². The number of unbranched alkanes of at least 4 members (excludes halogenated alkanes) is 1. The summed E-state index contributed by atoms with van der Waals surface area (Å²) in [6, 6.07) is 5.50. The second kappa shape index (κ2) is 6.36. The van der Waals surface area contributed by atoms with Crippen molar-refractivity contribution < 1.29 is 21.9 Å². The van der Waals surface area contributed by atoms with Crippen LogP contribution in [0.2, 0.25) is 0 Å². The fourth-order valence-electron chi connectivity index (χ4n) is 1.40. The van der Waals surface area contributed by atoms with Crippen molar-refractivity contribution in [1.29, 1.82) is 0 Å². The van der Waals surface area contributed by atoms with E-state index in [1.54, 1.807) is 0 Å². The van der Waals surface area contributed by atoms with Crippen molar-refractivity contribution in [2.75, 3.05) is 23.3 Å². The molecule has 0 aliphatic rings. The molecule has 0 unspecified atom stereocenters. The van der Waals surface area contributed by atoms with Gasteiger partial charge in [0, 0.05) is 18.6 Å². The molecule has 0 heterocycles. The van der Waals surface area contributed by atoms with Gasteiger partial charge in [-0.15, -0.1) is 0 Å². The molecule has 0 saturated heterocycles. The molecule has 1 aromatic carbocycles. The third-order valence-electron chi connectivity index (χ3n) is 2.38. The Labute approximate surface area is 113 Å². The number of hydrogen-bond donors (Lipinski definition) is 2. The molecule has 0 aromatic heterocycles. The first-order valence-electron chi connectivity index (χ1n) is 5.66. The van der Waals surface area contributed by atoms with E-state index in [0.717, 1.165) is 6.26 Å². The Balaban J connectivity index is 2.73. The van der Waals surface area contributed by atoms with Crippen LogP contribution >= 0.6 is 0 Å². The van der Waals surface area contributed by atoms with Gasteiger partial charge in [0.1, 0.15) is 0 Å². The number of hydrogen-bond acceptors (Lipinski definition) is 5. The van der Waals surface area contributed by atoms with Crippen LogP contribution in [0.5, 0.6) is 0 Å². The van der Waals surface area contributed by atoms with Crippen molar-refractivity contribution in [2.24, 2.45) is 0 Å². The van der Waals surface area contributed by atoms with Gasteiger partial charge in [-0.05, 0) is 37.1 Å². The zero-order valence-corrected chi connectivity index (χ0v) is 12.2. The van der Waals surface area contributed by atoms with Gasteiger partial charge < -0.3 is 5.11 Å². The summed E-state index contributed by atoms with van der Waals surface area (Å²) in [5, 5.41) is 8.59. The summed E-state index contributed by atoms with van der Waals surface area (Å²) in [5.41, 5.74) is 0.316. The van der Waals surface area contributed by atoms with Crippen LogP contribution in [0.4, 0.5) is 5.69 Å². The molecule has 1 rings (SSSR count). The van der Waals surface area contributed by atoms with Gasteiger partial charge in [-0.2, -0.15) is 0 Å². The highest BCUT2D eigenvalue weighted by Crippen LogP contribution is 2.15. The Morgan fingerprint density at radius 2 is 1.63 bits per heavy atom. The summed E-state index contributed by atoms with van der Waals surface area (Å²) >= 11 is 0. The Kier molecular flexibility index (Phi) is 5.33. The summed E-state index contributed by atoms with van der Waals surface area (Å²) in [5.74, 6) is -0.0820. The summed E-state index contributed by atoms with van der Waals surface area (Å²) < 4.78 is 48.1. The number of aliphatic hydroxyl groups excluding tert-OH is 1. The molecule has 0 aliphatic heterocycles. The molecule has 2 N–H and O–H groups in total. The molecule has 0 bridgehead atoms. The van der Waals surface area contributed by atoms with E-state index in [9.17, 15) is 16.8 Å².